The smallest absolute Gasteiger partial charge is 0.193 e. The van der Waals surface area contributed by atoms with Crippen molar-refractivity contribution in [3.63, 3.8) is 0 Å². The molecule has 29 heavy (non-hydrogen) atoms. The zero-order valence-electron chi connectivity index (χ0n) is 18.0. The monoisotopic (exact) mass is 398 g/mol. The Morgan fingerprint density at radius 2 is 2.07 bits per heavy atom. The summed E-state index contributed by atoms with van der Waals surface area (Å²) >= 11 is 0. The molecule has 0 aromatic heterocycles. The number of ketones is 1. The van der Waals surface area contributed by atoms with Crippen LogP contribution in [0.3, 0.4) is 0 Å². The van der Waals surface area contributed by atoms with Crippen molar-refractivity contribution >= 4 is 5.78 Å². The number of Topliss-reactive ketones (excluding diaryl/α,β-unsaturated/α-hetero) is 1. The molecular weight excluding hydrogens is 364 g/mol. The van der Waals surface area contributed by atoms with Crippen LogP contribution in [0.1, 0.15) is 59.3 Å². The third-order valence-corrected chi connectivity index (χ3v) is 6.04. The van der Waals surface area contributed by atoms with E-state index in [1.165, 1.54) is 11.1 Å². The van der Waals surface area contributed by atoms with E-state index in [0.29, 0.717) is 12.8 Å². The highest BCUT2D eigenvalue weighted by molar-refractivity contribution is 5.96. The largest absolute Gasteiger partial charge is 0.392 e. The molecule has 0 saturated carbocycles. The minimum atomic E-state index is -0.926. The van der Waals surface area contributed by atoms with Gasteiger partial charge in [0.2, 0.25) is 0 Å². The lowest BCUT2D eigenvalue weighted by molar-refractivity contribution is -0.257. The van der Waals surface area contributed by atoms with Gasteiger partial charge in [-0.25, -0.2) is 0 Å². The molecule has 1 fully saturated rings. The average Bonchev–Trinajstić information content (AvgIpc) is 2.61. The molecule has 1 aliphatic carbocycles. The van der Waals surface area contributed by atoms with Gasteiger partial charge in [-0.3, -0.25) is 4.79 Å². The summed E-state index contributed by atoms with van der Waals surface area (Å²) in [5.74, 6) is -0.922. The number of ether oxygens (including phenoxy) is 2. The summed E-state index contributed by atoms with van der Waals surface area (Å²) in [7, 11) is 0. The van der Waals surface area contributed by atoms with Gasteiger partial charge in [0.05, 0.1) is 18.8 Å². The van der Waals surface area contributed by atoms with E-state index in [0.717, 1.165) is 42.4 Å². The second-order valence-electron chi connectivity index (χ2n) is 8.97. The number of fused-ring (bicyclic) bond motifs is 1. The molecule has 0 bridgehead atoms. The van der Waals surface area contributed by atoms with Gasteiger partial charge in [-0.15, -0.1) is 6.58 Å². The number of hydrogen-bond acceptors (Lipinski definition) is 4. The van der Waals surface area contributed by atoms with Crippen molar-refractivity contribution in [3.8, 4) is 0 Å². The summed E-state index contributed by atoms with van der Waals surface area (Å²) in [4.78, 5) is 12.1. The van der Waals surface area contributed by atoms with Gasteiger partial charge in [0.15, 0.2) is 11.6 Å². The number of carbonyl (C=O) groups excluding carboxylic acids is 1. The van der Waals surface area contributed by atoms with Crippen LogP contribution in [0.4, 0.5) is 0 Å². The van der Waals surface area contributed by atoms with Crippen molar-refractivity contribution < 1.29 is 19.4 Å². The lowest BCUT2D eigenvalue weighted by atomic mass is 9.78. The molecule has 3 aliphatic rings. The van der Waals surface area contributed by atoms with E-state index >= 15 is 0 Å². The van der Waals surface area contributed by atoms with Crippen LogP contribution in [0.2, 0.25) is 0 Å². The van der Waals surface area contributed by atoms with Crippen LogP contribution in [0.5, 0.6) is 0 Å². The normalized spacial score (nSPS) is 32.7. The predicted molar refractivity (Wildman–Crippen MR) is 115 cm³/mol. The maximum absolute atomic E-state index is 12.1. The van der Waals surface area contributed by atoms with E-state index in [-0.39, 0.29) is 30.5 Å². The zero-order valence-corrected chi connectivity index (χ0v) is 18.0. The Morgan fingerprint density at radius 1 is 1.31 bits per heavy atom. The molecule has 158 valence electrons. The summed E-state index contributed by atoms with van der Waals surface area (Å²) in [6, 6.07) is 0. The number of aliphatic hydroxyl groups is 1. The first-order valence-electron chi connectivity index (χ1n) is 10.6. The number of aliphatic hydroxyl groups excluding tert-OH is 1. The molecule has 2 aliphatic heterocycles. The Balaban J connectivity index is 1.80. The van der Waals surface area contributed by atoms with Gasteiger partial charge in [0.25, 0.3) is 0 Å². The molecule has 0 aromatic rings. The summed E-state index contributed by atoms with van der Waals surface area (Å²) in [6.07, 6.45) is 10.4. The SMILES string of the molecule is C=C(C)CCC/C(C)=C/[C@H]1CC(=C)C[C@@]2(C=C(CO)[C@@H]3CC(=O)C(C)=C[C@@H]3O2)O1. The van der Waals surface area contributed by atoms with Crippen molar-refractivity contribution in [3.05, 3.63) is 59.3 Å². The summed E-state index contributed by atoms with van der Waals surface area (Å²) in [5, 5.41) is 9.96. The first-order chi connectivity index (χ1) is 13.7. The van der Waals surface area contributed by atoms with Crippen LogP contribution in [-0.2, 0) is 14.3 Å². The molecule has 0 unspecified atom stereocenters. The van der Waals surface area contributed by atoms with Crippen molar-refractivity contribution in [2.75, 3.05) is 6.61 Å². The predicted octanol–water partition coefficient (Wildman–Crippen LogP) is 4.96. The molecule has 0 amide bonds. The Labute approximate surface area is 174 Å². The molecule has 1 saturated heterocycles. The number of carbonyl (C=O) groups is 1. The summed E-state index contributed by atoms with van der Waals surface area (Å²) < 4.78 is 12.9. The van der Waals surface area contributed by atoms with Crippen molar-refractivity contribution in [2.24, 2.45) is 5.92 Å². The topological polar surface area (TPSA) is 55.8 Å². The van der Waals surface area contributed by atoms with E-state index in [9.17, 15) is 9.90 Å². The molecule has 4 nitrogen and oxygen atoms in total. The Hall–Kier alpha value is -1.75. The quantitative estimate of drug-likeness (QED) is 0.642. The van der Waals surface area contributed by atoms with Crippen molar-refractivity contribution in [1.82, 2.24) is 0 Å². The maximum atomic E-state index is 12.1. The molecular formula is C25H34O4. The fraction of sp³-hybridized carbons (Fsp3) is 0.560. The van der Waals surface area contributed by atoms with Crippen molar-refractivity contribution in [2.45, 2.75) is 77.3 Å². The highest BCUT2D eigenvalue weighted by atomic mass is 16.7. The van der Waals surface area contributed by atoms with E-state index in [2.05, 4.69) is 33.1 Å². The fourth-order valence-electron chi connectivity index (χ4n) is 4.57. The Morgan fingerprint density at radius 3 is 2.76 bits per heavy atom. The molecule has 4 heteroatoms. The molecule has 0 radical (unpaired) electrons. The average molecular weight is 399 g/mol. The van der Waals surface area contributed by atoms with E-state index in [1.807, 2.05) is 19.1 Å². The third-order valence-electron chi connectivity index (χ3n) is 6.04. The summed E-state index contributed by atoms with van der Waals surface area (Å²) in [6.45, 7) is 14.1. The lowest BCUT2D eigenvalue weighted by Crippen LogP contribution is -2.50. The molecule has 0 aromatic carbocycles. The van der Waals surface area contributed by atoms with Gasteiger partial charge in [0, 0.05) is 18.8 Å². The third kappa shape index (κ3) is 5.25. The van der Waals surface area contributed by atoms with Gasteiger partial charge in [-0.1, -0.05) is 29.4 Å². The molecule has 1 spiro atoms. The van der Waals surface area contributed by atoms with Crippen LogP contribution in [0, 0.1) is 5.92 Å². The minimum absolute atomic E-state index is 0.0945. The lowest BCUT2D eigenvalue weighted by Gasteiger charge is -2.47. The van der Waals surface area contributed by atoms with Crippen LogP contribution in [0.15, 0.2) is 59.3 Å². The van der Waals surface area contributed by atoms with Gasteiger partial charge < -0.3 is 14.6 Å². The first-order valence-corrected chi connectivity index (χ1v) is 10.6. The standard InChI is InChI=1S/C25H34O4/c1-16(2)7-6-8-17(3)9-21-10-18(4)13-25(28-21)14-20(15-26)22-12-23(27)19(5)11-24(22)29-25/h9,11,14,21-22,24,26H,1,4,6-8,10,12-13,15H2,2-3,5H3/b17-9+/t21-,22-,24-,25+/m0/s1. The van der Waals surface area contributed by atoms with Crippen LogP contribution < -0.4 is 0 Å². The highest BCUT2D eigenvalue weighted by Gasteiger charge is 2.47. The first kappa shape index (κ1) is 21.9. The Kier molecular flexibility index (Phi) is 6.77. The molecule has 3 rings (SSSR count). The van der Waals surface area contributed by atoms with E-state index in [1.54, 1.807) is 0 Å². The number of hydrogen-bond donors (Lipinski definition) is 1. The molecule has 4 atom stereocenters. The Bertz CT molecular complexity index is 785. The molecule has 2 heterocycles. The van der Waals surface area contributed by atoms with Crippen LogP contribution in [0.25, 0.3) is 0 Å². The maximum Gasteiger partial charge on any atom is 0.193 e. The zero-order chi connectivity index (χ0) is 21.2. The number of rotatable bonds is 6. The second-order valence-corrected chi connectivity index (χ2v) is 8.97. The van der Waals surface area contributed by atoms with Gasteiger partial charge in [0.1, 0.15) is 0 Å². The van der Waals surface area contributed by atoms with Gasteiger partial charge in [-0.2, -0.15) is 0 Å². The number of allylic oxidation sites excluding steroid dienone is 3. The van der Waals surface area contributed by atoms with Crippen LogP contribution in [-0.4, -0.2) is 35.5 Å². The van der Waals surface area contributed by atoms with Crippen LogP contribution >= 0.6 is 0 Å². The molecule has 1 N–H and O–H groups in total. The van der Waals surface area contributed by atoms with Crippen molar-refractivity contribution in [1.29, 1.82) is 0 Å². The van der Waals surface area contributed by atoms with Gasteiger partial charge >= 0.3 is 0 Å². The fourth-order valence-corrected chi connectivity index (χ4v) is 4.57. The minimum Gasteiger partial charge on any atom is -0.392 e. The summed E-state index contributed by atoms with van der Waals surface area (Å²) in [5.41, 5.74) is 5.13. The second kappa shape index (κ2) is 8.95. The van der Waals surface area contributed by atoms with Gasteiger partial charge in [-0.05, 0) is 69.8 Å². The highest BCUT2D eigenvalue weighted by Crippen LogP contribution is 2.44. The van der Waals surface area contributed by atoms with E-state index in [4.69, 9.17) is 9.47 Å². The van der Waals surface area contributed by atoms with E-state index < -0.39 is 5.79 Å².